The van der Waals surface area contributed by atoms with Gasteiger partial charge in [0.2, 0.25) is 68.7 Å². The molecule has 6 aliphatic rings. The number of fused-ring (bicyclic) bond motifs is 1. The third-order valence-electron chi connectivity index (χ3n) is 14.4. The van der Waals surface area contributed by atoms with Crippen LogP contribution in [-0.2, 0) is 203 Å². The first-order chi connectivity index (χ1) is 44.2. The molecular weight excluding hydrogens is 1480 g/mol. The Morgan fingerprint density at radius 2 is 0.800 bits per heavy atom. The minimum absolute atomic E-state index is 0.346. The SMILES string of the molecule is COC1C(OC)[C@H](OC)C(COS(=O)(=O)[O-])O[C@@H]1O[C@@H]1C(OC[O-])O[C@@H](O[C@@H]2C(COOS(=O)[O-])O[C@@H](OC3(OC)[C@@H]4C(OC=O)O[C@@H](O[C@@H]5C(COS(=O)(=O)[O-])O[C@H](OC)C(OS(=O)(=O)[O-])C5OS(=O)(=O)[O-])C(OC)[C@H]43)C(OS(=O)(=O)[O-])[C@H]2OS(=O)(=O)[O-])C(OC)C1OC. The minimum atomic E-state index is -6.37. The van der Waals surface area contributed by atoms with Gasteiger partial charge in [0.05, 0.1) is 25.0 Å². The Kier molecular flexibility index (Phi) is 29.2. The van der Waals surface area contributed by atoms with E-state index in [9.17, 15) is 96.5 Å². The highest BCUT2D eigenvalue weighted by molar-refractivity contribution is 7.82. The summed E-state index contributed by atoms with van der Waals surface area (Å²) in [4.78, 5) is 16.9. The second-order valence-electron chi connectivity index (χ2n) is 19.5. The Labute approximate surface area is 541 Å². The van der Waals surface area contributed by atoms with Crippen LogP contribution in [-0.4, -0.2) is 324 Å². The van der Waals surface area contributed by atoms with Crippen molar-refractivity contribution in [2.75, 3.05) is 83.5 Å². The number of ether oxygens (including phenoxy) is 19. The fraction of sp³-hybridized carbons (Fsp3) is 0.974. The predicted octanol–water partition coefficient (Wildman–Crippen LogP) is -10.4. The van der Waals surface area contributed by atoms with Gasteiger partial charge in [-0.05, 0) is 6.79 Å². The van der Waals surface area contributed by atoms with E-state index < -0.39 is 260 Å². The molecule has 0 amide bonds. The van der Waals surface area contributed by atoms with Gasteiger partial charge in [-0.3, -0.25) is 29.9 Å². The molecule has 5 saturated heterocycles. The van der Waals surface area contributed by atoms with Crippen LogP contribution in [0.25, 0.3) is 0 Å². The number of carbonyl (C=O) groups excluding carboxylic acids is 1. The van der Waals surface area contributed by atoms with Crippen molar-refractivity contribution < 1.29 is 221 Å². The standard InChI is InChI=1S/C39H65O49S7/c1-62-19-15(10-73-90(44,45)46)76-36(27(66-5)23(19)64-3)80-29-24(65-4)28(67-6)37(82-34(29)71-13-41)79-20-14(9-72-88-89(42)43)77-38(31(87-95(59,60)61)26(20)85-93(53,54)55)83-39(69-8)17-18(39)32(70-12-40)81-35(22(17)63-2)78-21-16(11-74-91(47,48)49)75-33(68-7)30(86-94(56,57)58)25(21)84-92(50,51)52/h12,14-38H,9-11,13H2,1-8H3,(H,42,43)(H,44,45,46)(H,47,48,49)(H,50,51,52)(H,53,54,55)(H,56,57,58)(H,59,60,61)/q-1/p-7/t14?,15?,16?,17-,18-,19+,20+,21+,22?,23?,24?,25?,26-,27?,28?,29-,30?,31?,32?,33-,34?,35+,36+,37+,38-,39?/m0/s1. The molecule has 49 nitrogen and oxygen atoms in total. The first-order valence-electron chi connectivity index (χ1n) is 25.8. The first kappa shape index (κ1) is 81.9. The Bertz CT molecular complexity index is 3220. The van der Waals surface area contributed by atoms with Gasteiger partial charge in [0.25, 0.3) is 6.47 Å². The normalized spacial score (nSPS) is 39.4. The van der Waals surface area contributed by atoms with Crippen LogP contribution in [0.4, 0.5) is 0 Å². The third-order valence-corrected chi connectivity index (χ3v) is 17.3. The third kappa shape index (κ3) is 21.5. The maximum atomic E-state index is 12.8. The lowest BCUT2D eigenvalue weighted by Crippen LogP contribution is -2.68. The van der Waals surface area contributed by atoms with Crippen LogP contribution >= 0.6 is 0 Å². The van der Waals surface area contributed by atoms with Crippen LogP contribution in [0.5, 0.6) is 0 Å². The van der Waals surface area contributed by atoms with E-state index in [1.165, 1.54) is 0 Å². The largest absolute Gasteiger partial charge is 0.834 e. The zero-order valence-electron chi connectivity index (χ0n) is 49.2. The van der Waals surface area contributed by atoms with Gasteiger partial charge in [-0.1, -0.05) is 0 Å². The van der Waals surface area contributed by atoms with Crippen molar-refractivity contribution in [2.24, 2.45) is 11.8 Å². The smallest absolute Gasteiger partial charge is 0.295 e. The molecule has 0 radical (unpaired) electrons. The summed E-state index contributed by atoms with van der Waals surface area (Å²) in [5.74, 6) is -6.42. The fourth-order valence-electron chi connectivity index (χ4n) is 11.0. The Hall–Kier alpha value is -2.04. The molecule has 0 bridgehead atoms. The van der Waals surface area contributed by atoms with E-state index in [0.717, 1.165) is 49.8 Å². The molecule has 5 heterocycles. The highest BCUT2D eigenvalue weighted by atomic mass is 32.3. The van der Waals surface area contributed by atoms with Gasteiger partial charge in [-0.25, -0.2) is 59.6 Å². The van der Waals surface area contributed by atoms with Gasteiger partial charge in [0.1, 0.15) is 103 Å². The van der Waals surface area contributed by atoms with Crippen LogP contribution in [0.2, 0.25) is 0 Å². The van der Waals surface area contributed by atoms with Crippen molar-refractivity contribution in [3.63, 3.8) is 0 Å². The summed E-state index contributed by atoms with van der Waals surface area (Å²) >= 11 is -3.63. The molecule has 1 saturated carbocycles. The highest BCUT2D eigenvalue weighted by Gasteiger charge is 2.80. The zero-order chi connectivity index (χ0) is 71.1. The lowest BCUT2D eigenvalue weighted by atomic mass is 9.97. The first-order valence-corrected chi connectivity index (χ1v) is 34.8. The number of methoxy groups -OCH3 is 8. The molecule has 5 aliphatic heterocycles. The van der Waals surface area contributed by atoms with Crippen molar-refractivity contribution in [1.29, 1.82) is 0 Å². The Morgan fingerprint density at radius 3 is 1.22 bits per heavy atom. The quantitative estimate of drug-likeness (QED) is 0.0105. The molecule has 0 spiro atoms. The second kappa shape index (κ2) is 33.8. The predicted molar refractivity (Wildman–Crippen MR) is 266 cm³/mol. The van der Waals surface area contributed by atoms with E-state index in [1.54, 1.807) is 0 Å². The van der Waals surface area contributed by atoms with Gasteiger partial charge < -0.3 is 127 Å². The highest BCUT2D eigenvalue weighted by Crippen LogP contribution is 2.63. The topological polar surface area (TPSA) is 673 Å². The van der Waals surface area contributed by atoms with Gasteiger partial charge in [-0.15, -0.1) is 4.33 Å². The zero-order valence-corrected chi connectivity index (χ0v) is 54.9. The summed E-state index contributed by atoms with van der Waals surface area (Å²) in [7, 11) is -28.6. The van der Waals surface area contributed by atoms with Gasteiger partial charge in [-0.2, -0.15) is 0 Å². The van der Waals surface area contributed by atoms with E-state index in [4.69, 9.17) is 103 Å². The molecule has 0 aromatic carbocycles. The van der Waals surface area contributed by atoms with E-state index >= 15 is 0 Å². The number of hydrogen-bond donors (Lipinski definition) is 0. The van der Waals surface area contributed by atoms with Crippen molar-refractivity contribution in [3.8, 4) is 0 Å². The maximum Gasteiger partial charge on any atom is 0.295 e. The van der Waals surface area contributed by atoms with Crippen LogP contribution in [0.1, 0.15) is 0 Å². The van der Waals surface area contributed by atoms with Crippen LogP contribution in [0.15, 0.2) is 0 Å². The number of carbonyl (C=O) groups is 1. The average molecular weight is 1540 g/mol. The molecule has 0 aromatic rings. The molecule has 56 heteroatoms. The van der Waals surface area contributed by atoms with E-state index in [0.29, 0.717) is 7.11 Å². The van der Waals surface area contributed by atoms with E-state index in [2.05, 4.69) is 21.1 Å². The van der Waals surface area contributed by atoms with Gasteiger partial charge in [0.15, 0.2) is 55.7 Å². The second-order valence-corrected chi connectivity index (χ2v) is 26.2. The molecule has 6 rings (SSSR count). The molecular formula is C39H58O49S7-8. The van der Waals surface area contributed by atoms with E-state index in [1.807, 2.05) is 0 Å². The van der Waals surface area contributed by atoms with Gasteiger partial charge in [0, 0.05) is 56.9 Å². The summed E-state index contributed by atoms with van der Waals surface area (Å²) in [6.45, 7) is -5.99. The summed E-state index contributed by atoms with van der Waals surface area (Å²) in [6.07, 6.45) is -51.3. The Morgan fingerprint density at radius 1 is 0.411 bits per heavy atom. The molecule has 6 fully saturated rings. The minimum Gasteiger partial charge on any atom is -0.834 e. The molecule has 1 aliphatic carbocycles. The van der Waals surface area contributed by atoms with Crippen molar-refractivity contribution in [2.45, 2.75) is 147 Å². The van der Waals surface area contributed by atoms with E-state index in [-0.39, 0.29) is 6.47 Å². The lowest BCUT2D eigenvalue weighted by molar-refractivity contribution is -0.478. The molecule has 0 aromatic heterocycles. The molecule has 558 valence electrons. The van der Waals surface area contributed by atoms with Crippen LogP contribution in [0.3, 0.4) is 0 Å². The number of rotatable bonds is 38. The summed E-state index contributed by atoms with van der Waals surface area (Å²) in [6, 6.07) is 0. The van der Waals surface area contributed by atoms with Gasteiger partial charge >= 0.3 is 0 Å². The monoisotopic (exact) mass is 1530 g/mol. The summed E-state index contributed by atoms with van der Waals surface area (Å²) in [5.41, 5.74) is 0. The molecule has 95 heavy (non-hydrogen) atoms. The van der Waals surface area contributed by atoms with Crippen molar-refractivity contribution in [3.05, 3.63) is 0 Å². The molecule has 0 N–H and O–H groups in total. The molecule has 27 atom stereocenters. The maximum absolute atomic E-state index is 12.8. The average Bonchev–Trinajstić information content (AvgIpc) is 1.52. The summed E-state index contributed by atoms with van der Waals surface area (Å²) in [5, 5.41) is 12.3. The fourth-order valence-corrected chi connectivity index (χ4v) is 13.7. The lowest BCUT2D eigenvalue weighted by Gasteiger charge is -2.51. The van der Waals surface area contributed by atoms with Crippen LogP contribution in [0, 0.1) is 11.8 Å². The van der Waals surface area contributed by atoms with Crippen molar-refractivity contribution in [1.82, 2.24) is 0 Å². The number of hydrogen-bond acceptors (Lipinski definition) is 49. The molecule has 15 unspecified atom stereocenters. The van der Waals surface area contributed by atoms with Crippen LogP contribution < -0.4 is 5.11 Å². The van der Waals surface area contributed by atoms with Crippen molar-refractivity contribution >= 4 is 80.2 Å². The summed E-state index contributed by atoms with van der Waals surface area (Å²) < 4.78 is 381. The Balaban J connectivity index is 1.43.